The van der Waals surface area contributed by atoms with Crippen LogP contribution in [0.5, 0.6) is 5.75 Å². The molecule has 1 aliphatic carbocycles. The average molecular weight is 402 g/mol. The molecule has 0 amide bonds. The largest absolute Gasteiger partial charge is 0.439 e. The van der Waals surface area contributed by atoms with E-state index in [1.807, 2.05) is 0 Å². The first-order chi connectivity index (χ1) is 13.9. The van der Waals surface area contributed by atoms with Gasteiger partial charge in [0.25, 0.3) is 0 Å². The maximum atomic E-state index is 13.2. The predicted octanol–water partition coefficient (Wildman–Crippen LogP) is 5.37. The third-order valence-corrected chi connectivity index (χ3v) is 4.00. The molecule has 5 nitrogen and oxygen atoms in total. The zero-order chi connectivity index (χ0) is 20.8. The van der Waals surface area contributed by atoms with Crippen LogP contribution in [0.2, 0.25) is 0 Å². The Morgan fingerprint density at radius 2 is 2.07 bits per heavy atom. The molecule has 2 aromatic carbocycles. The van der Waals surface area contributed by atoms with E-state index in [2.05, 4.69) is 10.1 Å². The monoisotopic (exact) mass is 402 g/mol. The molecular formula is C21H17F3N2O3. The van der Waals surface area contributed by atoms with E-state index in [0.717, 1.165) is 0 Å². The minimum Gasteiger partial charge on any atom is -0.439 e. The highest BCUT2D eigenvalue weighted by molar-refractivity contribution is 6.00. The topological polar surface area (TPSA) is 71.4 Å². The van der Waals surface area contributed by atoms with E-state index in [1.54, 1.807) is 18.2 Å². The van der Waals surface area contributed by atoms with Gasteiger partial charge in [-0.1, -0.05) is 6.07 Å². The van der Waals surface area contributed by atoms with E-state index >= 15 is 0 Å². The third kappa shape index (κ3) is 5.47. The number of ether oxygens (including phenoxy) is 2. The Bertz CT molecular complexity index is 973. The minimum absolute atomic E-state index is 0.0272. The molecule has 8 heteroatoms. The first kappa shape index (κ1) is 20.2. The predicted molar refractivity (Wildman–Crippen MR) is 103 cm³/mol. The zero-order valence-corrected chi connectivity index (χ0v) is 15.1. The number of halogens is 3. The molecular weight excluding hydrogens is 385 g/mol. The number of aldehydes is 1. The van der Waals surface area contributed by atoms with E-state index in [0.29, 0.717) is 29.0 Å². The normalized spacial score (nSPS) is 15.6. The van der Waals surface area contributed by atoms with E-state index in [4.69, 9.17) is 10.1 Å². The number of carbonyl (C=O) groups excluding carboxylic acids is 1. The second-order valence-corrected chi connectivity index (χ2v) is 6.10. The molecule has 0 saturated heterocycles. The zero-order valence-electron chi connectivity index (χ0n) is 15.1. The van der Waals surface area contributed by atoms with E-state index in [-0.39, 0.29) is 23.6 Å². The van der Waals surface area contributed by atoms with Crippen LogP contribution in [0.25, 0.3) is 0 Å². The summed E-state index contributed by atoms with van der Waals surface area (Å²) in [6.45, 7) is -2.95. The van der Waals surface area contributed by atoms with Gasteiger partial charge in [0.15, 0.2) is 0 Å². The van der Waals surface area contributed by atoms with Gasteiger partial charge in [0.2, 0.25) is 5.90 Å². The van der Waals surface area contributed by atoms with Crippen molar-refractivity contribution in [3.8, 4) is 5.75 Å². The Morgan fingerprint density at radius 1 is 1.24 bits per heavy atom. The van der Waals surface area contributed by atoms with Crippen LogP contribution in [-0.2, 0) is 4.74 Å². The summed E-state index contributed by atoms with van der Waals surface area (Å²) in [5.41, 5.74) is 1.45. The number of alkyl halides is 3. The highest BCUT2D eigenvalue weighted by atomic mass is 19.3. The number of carbonyl (C=O) groups is 1. The van der Waals surface area contributed by atoms with Crippen LogP contribution in [0, 0.1) is 5.41 Å². The number of anilines is 2. The molecule has 150 valence electrons. The van der Waals surface area contributed by atoms with Crippen LogP contribution in [0.4, 0.5) is 24.5 Å². The molecule has 0 fully saturated rings. The number of hydrogen-bond acceptors (Lipinski definition) is 5. The maximum Gasteiger partial charge on any atom is 0.387 e. The van der Waals surface area contributed by atoms with Gasteiger partial charge >= 0.3 is 6.61 Å². The van der Waals surface area contributed by atoms with Crippen LogP contribution >= 0.6 is 0 Å². The summed E-state index contributed by atoms with van der Waals surface area (Å²) < 4.78 is 47.9. The first-order valence-corrected chi connectivity index (χ1v) is 8.65. The molecule has 3 rings (SSSR count). The minimum atomic E-state index is -2.95. The Labute approximate surface area is 165 Å². The number of allylic oxidation sites excluding steroid dienone is 3. The molecule has 1 aliphatic rings. The van der Waals surface area contributed by atoms with E-state index in [9.17, 15) is 18.0 Å². The molecule has 1 unspecified atom stereocenters. The Kier molecular flexibility index (Phi) is 6.33. The van der Waals surface area contributed by atoms with Crippen molar-refractivity contribution in [1.29, 1.82) is 5.41 Å². The first-order valence-electron chi connectivity index (χ1n) is 8.65. The van der Waals surface area contributed by atoms with Gasteiger partial charge < -0.3 is 14.8 Å². The summed E-state index contributed by atoms with van der Waals surface area (Å²) in [6, 6.07) is 10.5. The van der Waals surface area contributed by atoms with Crippen molar-refractivity contribution < 1.29 is 27.4 Å². The number of nitrogens with one attached hydrogen (secondary N) is 2. The van der Waals surface area contributed by atoms with Crippen molar-refractivity contribution in [3.63, 3.8) is 0 Å². The lowest BCUT2D eigenvalue weighted by molar-refractivity contribution is -0.0498. The third-order valence-electron chi connectivity index (χ3n) is 4.00. The molecule has 0 spiro atoms. The van der Waals surface area contributed by atoms with Crippen LogP contribution in [0.15, 0.2) is 66.5 Å². The summed E-state index contributed by atoms with van der Waals surface area (Å²) in [4.78, 5) is 11.1. The lowest BCUT2D eigenvalue weighted by Crippen LogP contribution is -2.10. The summed E-state index contributed by atoms with van der Waals surface area (Å²) >= 11 is 0. The fourth-order valence-corrected chi connectivity index (χ4v) is 2.66. The number of benzene rings is 2. The molecule has 1 atom stereocenters. The highest BCUT2D eigenvalue weighted by Gasteiger charge is 2.15. The van der Waals surface area contributed by atoms with E-state index < -0.39 is 12.8 Å². The van der Waals surface area contributed by atoms with Gasteiger partial charge in [0.1, 0.15) is 24.0 Å². The molecule has 0 radical (unpaired) electrons. The number of rotatable bonds is 7. The van der Waals surface area contributed by atoms with Crippen molar-refractivity contribution >= 4 is 23.6 Å². The molecule has 29 heavy (non-hydrogen) atoms. The lowest BCUT2D eigenvalue weighted by atomic mass is 10.1. The van der Waals surface area contributed by atoms with Crippen LogP contribution in [0.3, 0.4) is 0 Å². The van der Waals surface area contributed by atoms with Crippen molar-refractivity contribution in [1.82, 2.24) is 0 Å². The van der Waals surface area contributed by atoms with Crippen LogP contribution in [-0.4, -0.2) is 25.0 Å². The Morgan fingerprint density at radius 3 is 2.76 bits per heavy atom. The van der Waals surface area contributed by atoms with Crippen molar-refractivity contribution in [3.05, 3.63) is 77.6 Å². The quantitative estimate of drug-likeness (QED) is 0.371. The summed E-state index contributed by atoms with van der Waals surface area (Å²) in [5.74, 6) is 0.0312. The van der Waals surface area contributed by atoms with Gasteiger partial charge in [0, 0.05) is 23.7 Å². The van der Waals surface area contributed by atoms with Crippen LogP contribution < -0.4 is 10.1 Å². The fraction of sp³-hybridized carbons (Fsp3) is 0.143. The van der Waals surface area contributed by atoms with Gasteiger partial charge in [0.05, 0.1) is 11.3 Å². The summed E-state index contributed by atoms with van der Waals surface area (Å²) in [6.07, 6.45) is 3.99. The van der Waals surface area contributed by atoms with Crippen molar-refractivity contribution in [2.24, 2.45) is 0 Å². The molecule has 2 aromatic rings. The SMILES string of the molecule is N=C(OC1=CCC(F)C=C1)c1cc(C=O)ccc1Nc1cccc(OC(F)F)c1. The molecule has 2 N–H and O–H groups in total. The Balaban J connectivity index is 1.85. The number of hydrogen-bond donors (Lipinski definition) is 2. The molecule has 0 heterocycles. The maximum absolute atomic E-state index is 13.2. The molecule has 0 aliphatic heterocycles. The van der Waals surface area contributed by atoms with Gasteiger partial charge in [-0.2, -0.15) is 8.78 Å². The van der Waals surface area contributed by atoms with Gasteiger partial charge in [-0.25, -0.2) is 4.39 Å². The van der Waals surface area contributed by atoms with Gasteiger partial charge in [-0.3, -0.25) is 10.2 Å². The smallest absolute Gasteiger partial charge is 0.387 e. The highest BCUT2D eigenvalue weighted by Crippen LogP contribution is 2.27. The summed E-state index contributed by atoms with van der Waals surface area (Å²) in [5, 5.41) is 11.3. The summed E-state index contributed by atoms with van der Waals surface area (Å²) in [7, 11) is 0. The molecule has 0 aromatic heterocycles. The second-order valence-electron chi connectivity index (χ2n) is 6.10. The Hall–Kier alpha value is -3.55. The van der Waals surface area contributed by atoms with Crippen LogP contribution in [0.1, 0.15) is 22.3 Å². The molecule has 0 saturated carbocycles. The van der Waals surface area contributed by atoms with Gasteiger partial charge in [-0.15, -0.1) is 0 Å². The van der Waals surface area contributed by atoms with E-state index in [1.165, 1.54) is 42.5 Å². The lowest BCUT2D eigenvalue weighted by Gasteiger charge is -2.16. The second kappa shape index (κ2) is 9.09. The standard InChI is InChI=1S/C21H17F3N2O3/c22-14-5-7-16(8-6-14)28-20(25)18-10-13(12-27)4-9-19(18)26-15-2-1-3-17(11-15)29-21(23)24/h1-5,7-12,14,21,25-26H,6H2. The fourth-order valence-electron chi connectivity index (χ4n) is 2.66. The van der Waals surface area contributed by atoms with Gasteiger partial charge in [-0.05, 0) is 48.6 Å². The van der Waals surface area contributed by atoms with Crippen molar-refractivity contribution in [2.75, 3.05) is 5.32 Å². The molecule has 0 bridgehead atoms. The average Bonchev–Trinajstić information content (AvgIpc) is 2.70. The van der Waals surface area contributed by atoms with Crippen molar-refractivity contribution in [2.45, 2.75) is 19.2 Å².